The molecule has 25 heavy (non-hydrogen) atoms. The molecule has 2 aromatic carbocycles. The first-order valence-electron chi connectivity index (χ1n) is 7.63. The molecule has 0 aliphatic carbocycles. The topological polar surface area (TPSA) is 65.7 Å². The summed E-state index contributed by atoms with van der Waals surface area (Å²) in [5, 5.41) is 0.777. The third-order valence-electron chi connectivity index (χ3n) is 3.70. The van der Waals surface area contributed by atoms with Gasteiger partial charge < -0.3 is 13.9 Å². The standard InChI is InChI=1S/C20H16O5/c1-3-10-24-19(21)14-8-9-18(23-2)15(12-14)16-11-13-6-4-5-7-17(13)25-20(16)22/h3-9,11-12H,1,10H2,2H3. The number of ether oxygens (including phenoxy) is 2. The van der Waals surface area contributed by atoms with Gasteiger partial charge in [0.1, 0.15) is 17.9 Å². The van der Waals surface area contributed by atoms with Crippen LogP contribution in [0.15, 0.2) is 70.4 Å². The van der Waals surface area contributed by atoms with Gasteiger partial charge in [-0.05, 0) is 30.3 Å². The molecule has 0 fully saturated rings. The molecule has 0 unspecified atom stereocenters. The van der Waals surface area contributed by atoms with E-state index in [2.05, 4.69) is 6.58 Å². The Kier molecular flexibility index (Phi) is 4.66. The number of carbonyl (C=O) groups is 1. The third kappa shape index (κ3) is 3.30. The molecule has 0 atom stereocenters. The maximum absolute atomic E-state index is 12.4. The van der Waals surface area contributed by atoms with Gasteiger partial charge in [0, 0.05) is 10.9 Å². The van der Waals surface area contributed by atoms with Crippen LogP contribution in [0, 0.1) is 0 Å². The average Bonchev–Trinajstić information content (AvgIpc) is 2.65. The molecule has 126 valence electrons. The fraction of sp³-hybridized carbons (Fsp3) is 0.100. The van der Waals surface area contributed by atoms with E-state index in [9.17, 15) is 9.59 Å². The SMILES string of the molecule is C=CCOC(=O)c1ccc(OC)c(-c2cc3ccccc3oc2=O)c1. The smallest absolute Gasteiger partial charge is 0.344 e. The second-order valence-corrected chi connectivity index (χ2v) is 5.29. The van der Waals surface area contributed by atoms with Crippen LogP contribution >= 0.6 is 0 Å². The lowest BCUT2D eigenvalue weighted by Crippen LogP contribution is -2.08. The van der Waals surface area contributed by atoms with Crippen LogP contribution in [0.2, 0.25) is 0 Å². The zero-order valence-electron chi connectivity index (χ0n) is 13.7. The zero-order valence-corrected chi connectivity index (χ0v) is 13.7. The molecule has 1 aromatic heterocycles. The lowest BCUT2D eigenvalue weighted by molar-refractivity contribution is 0.0550. The molecule has 0 radical (unpaired) electrons. The number of methoxy groups -OCH3 is 1. The number of hydrogen-bond acceptors (Lipinski definition) is 5. The molecule has 0 spiro atoms. The van der Waals surface area contributed by atoms with Crippen LogP contribution in [0.4, 0.5) is 0 Å². The number of rotatable bonds is 5. The molecule has 3 aromatic rings. The minimum atomic E-state index is -0.506. The number of para-hydroxylation sites is 1. The number of carbonyl (C=O) groups excluding carboxylic acids is 1. The van der Waals surface area contributed by atoms with Gasteiger partial charge in [-0.15, -0.1) is 0 Å². The molecular formula is C20H16O5. The summed E-state index contributed by atoms with van der Waals surface area (Å²) in [6.45, 7) is 3.62. The van der Waals surface area contributed by atoms with Gasteiger partial charge in [0.05, 0.1) is 18.2 Å². The predicted molar refractivity (Wildman–Crippen MR) is 95.0 cm³/mol. The van der Waals surface area contributed by atoms with Crippen LogP contribution in [-0.4, -0.2) is 19.7 Å². The molecule has 3 rings (SSSR count). The van der Waals surface area contributed by atoms with Gasteiger partial charge in [0.2, 0.25) is 0 Å². The molecule has 5 nitrogen and oxygen atoms in total. The Morgan fingerprint density at radius 1 is 1.16 bits per heavy atom. The van der Waals surface area contributed by atoms with Crippen molar-refractivity contribution >= 4 is 16.9 Å². The highest BCUT2D eigenvalue weighted by molar-refractivity contribution is 5.92. The summed E-state index contributed by atoms with van der Waals surface area (Å²) in [6, 6.07) is 13.7. The Bertz CT molecular complexity index is 1000. The van der Waals surface area contributed by atoms with Gasteiger partial charge in [-0.1, -0.05) is 30.9 Å². The highest BCUT2D eigenvalue weighted by Gasteiger charge is 2.16. The molecule has 0 N–H and O–H groups in total. The van der Waals surface area contributed by atoms with Crippen LogP contribution in [0.3, 0.4) is 0 Å². The van der Waals surface area contributed by atoms with E-state index in [1.807, 2.05) is 12.1 Å². The maximum atomic E-state index is 12.4. The maximum Gasteiger partial charge on any atom is 0.344 e. The monoisotopic (exact) mass is 336 g/mol. The third-order valence-corrected chi connectivity index (χ3v) is 3.70. The largest absolute Gasteiger partial charge is 0.496 e. The second-order valence-electron chi connectivity index (χ2n) is 5.29. The molecule has 0 saturated carbocycles. The summed E-state index contributed by atoms with van der Waals surface area (Å²) in [7, 11) is 1.50. The van der Waals surface area contributed by atoms with E-state index in [-0.39, 0.29) is 6.61 Å². The van der Waals surface area contributed by atoms with Gasteiger partial charge in [0.25, 0.3) is 0 Å². The fourth-order valence-electron chi connectivity index (χ4n) is 2.51. The number of fused-ring (bicyclic) bond motifs is 1. The van der Waals surface area contributed by atoms with Crippen LogP contribution in [0.5, 0.6) is 5.75 Å². The van der Waals surface area contributed by atoms with Gasteiger partial charge in [-0.2, -0.15) is 0 Å². The van der Waals surface area contributed by atoms with Crippen molar-refractivity contribution in [2.24, 2.45) is 0 Å². The minimum absolute atomic E-state index is 0.109. The summed E-state index contributed by atoms with van der Waals surface area (Å²) in [5.41, 5.74) is 1.08. The van der Waals surface area contributed by atoms with E-state index < -0.39 is 11.6 Å². The highest BCUT2D eigenvalue weighted by atomic mass is 16.5. The van der Waals surface area contributed by atoms with Crippen LogP contribution in [-0.2, 0) is 4.74 Å². The van der Waals surface area contributed by atoms with Crippen LogP contribution in [0.25, 0.3) is 22.1 Å². The Morgan fingerprint density at radius 2 is 1.96 bits per heavy atom. The summed E-state index contributed by atoms with van der Waals surface area (Å²) in [5.74, 6) is -0.0446. The van der Waals surface area contributed by atoms with Crippen molar-refractivity contribution < 1.29 is 18.7 Å². The lowest BCUT2D eigenvalue weighted by atomic mass is 10.0. The molecular weight excluding hydrogens is 320 g/mol. The van der Waals surface area contributed by atoms with Crippen molar-refractivity contribution in [3.8, 4) is 16.9 Å². The molecule has 0 amide bonds. The molecule has 0 aliphatic rings. The number of esters is 1. The second kappa shape index (κ2) is 7.05. The molecule has 1 heterocycles. The van der Waals surface area contributed by atoms with Crippen LogP contribution in [0.1, 0.15) is 10.4 Å². The first kappa shape index (κ1) is 16.5. The van der Waals surface area contributed by atoms with E-state index in [1.54, 1.807) is 36.4 Å². The molecule has 5 heteroatoms. The highest BCUT2D eigenvalue weighted by Crippen LogP contribution is 2.31. The Balaban J connectivity index is 2.15. The summed E-state index contributed by atoms with van der Waals surface area (Å²) in [6.07, 6.45) is 1.49. The first-order valence-corrected chi connectivity index (χ1v) is 7.63. The Labute approximate surface area is 144 Å². The predicted octanol–water partition coefficient (Wildman–Crippen LogP) is 3.81. The molecule has 0 bridgehead atoms. The molecule has 0 aliphatic heterocycles. The van der Waals surface area contributed by atoms with Gasteiger partial charge >= 0.3 is 11.6 Å². The number of hydrogen-bond donors (Lipinski definition) is 0. The number of benzene rings is 2. The summed E-state index contributed by atoms with van der Waals surface area (Å²) >= 11 is 0. The summed E-state index contributed by atoms with van der Waals surface area (Å²) in [4.78, 5) is 24.5. The van der Waals surface area contributed by atoms with Crippen LogP contribution < -0.4 is 10.4 Å². The fourth-order valence-corrected chi connectivity index (χ4v) is 2.51. The van der Waals surface area contributed by atoms with Crippen molar-refractivity contribution in [1.29, 1.82) is 0 Å². The Morgan fingerprint density at radius 3 is 2.72 bits per heavy atom. The van der Waals surface area contributed by atoms with E-state index in [1.165, 1.54) is 13.2 Å². The van der Waals surface area contributed by atoms with E-state index in [4.69, 9.17) is 13.9 Å². The normalized spacial score (nSPS) is 10.4. The van der Waals surface area contributed by atoms with Crippen molar-refractivity contribution in [3.05, 3.63) is 77.2 Å². The van der Waals surface area contributed by atoms with Gasteiger partial charge in [-0.3, -0.25) is 0 Å². The first-order chi connectivity index (χ1) is 12.1. The zero-order chi connectivity index (χ0) is 17.8. The van der Waals surface area contributed by atoms with Crippen molar-refractivity contribution in [2.75, 3.05) is 13.7 Å². The van der Waals surface area contributed by atoms with Crippen molar-refractivity contribution in [2.45, 2.75) is 0 Å². The van der Waals surface area contributed by atoms with Gasteiger partial charge in [-0.25, -0.2) is 9.59 Å². The Hall–Kier alpha value is -3.34. The van der Waals surface area contributed by atoms with Crippen molar-refractivity contribution in [3.63, 3.8) is 0 Å². The van der Waals surface area contributed by atoms with E-state index in [0.29, 0.717) is 28.0 Å². The molecule has 0 saturated heterocycles. The average molecular weight is 336 g/mol. The van der Waals surface area contributed by atoms with Crippen molar-refractivity contribution in [1.82, 2.24) is 0 Å². The quantitative estimate of drug-likeness (QED) is 0.403. The van der Waals surface area contributed by atoms with E-state index in [0.717, 1.165) is 5.39 Å². The summed E-state index contributed by atoms with van der Waals surface area (Å²) < 4.78 is 15.7. The lowest BCUT2D eigenvalue weighted by Gasteiger charge is -2.10. The van der Waals surface area contributed by atoms with E-state index >= 15 is 0 Å². The van der Waals surface area contributed by atoms with Gasteiger partial charge in [0.15, 0.2) is 0 Å². The minimum Gasteiger partial charge on any atom is -0.496 e.